The highest BCUT2D eigenvalue weighted by Crippen LogP contribution is 2.24. The van der Waals surface area contributed by atoms with E-state index in [4.69, 9.17) is 5.11 Å². The van der Waals surface area contributed by atoms with Crippen molar-refractivity contribution in [2.75, 3.05) is 0 Å². The number of aromatic nitrogens is 2. The predicted molar refractivity (Wildman–Crippen MR) is 87.0 cm³/mol. The molecule has 7 heteroatoms. The molecule has 2 aromatic heterocycles. The Kier molecular flexibility index (Phi) is 4.33. The van der Waals surface area contributed by atoms with Crippen LogP contribution in [0.3, 0.4) is 0 Å². The molecule has 1 amide bonds. The maximum Gasteiger partial charge on any atom is 0.306 e. The van der Waals surface area contributed by atoms with Gasteiger partial charge in [0.25, 0.3) is 11.5 Å². The summed E-state index contributed by atoms with van der Waals surface area (Å²) in [6.45, 7) is 1.86. The van der Waals surface area contributed by atoms with Crippen LogP contribution >= 0.6 is 0 Å². The molecule has 0 aliphatic heterocycles. The molecule has 3 rings (SSSR count). The first-order valence-corrected chi connectivity index (χ1v) is 7.97. The highest BCUT2D eigenvalue weighted by Gasteiger charge is 2.27. The Balaban J connectivity index is 1.76. The second kappa shape index (κ2) is 6.43. The van der Waals surface area contributed by atoms with E-state index in [2.05, 4.69) is 10.3 Å². The van der Waals surface area contributed by atoms with Crippen LogP contribution in [0.1, 0.15) is 41.6 Å². The third kappa shape index (κ3) is 3.15. The Morgan fingerprint density at radius 3 is 2.62 bits per heavy atom. The summed E-state index contributed by atoms with van der Waals surface area (Å²) >= 11 is 0. The molecule has 24 heavy (non-hydrogen) atoms. The third-order valence-electron chi connectivity index (χ3n) is 4.51. The Hall–Kier alpha value is -2.70. The number of rotatable bonds is 3. The van der Waals surface area contributed by atoms with Gasteiger partial charge in [0.05, 0.1) is 5.92 Å². The maximum absolute atomic E-state index is 12.5. The second-order valence-electron chi connectivity index (χ2n) is 6.27. The van der Waals surface area contributed by atoms with Crippen LogP contribution in [0.2, 0.25) is 0 Å². The van der Waals surface area contributed by atoms with Crippen LogP contribution in [0.4, 0.5) is 0 Å². The largest absolute Gasteiger partial charge is 0.481 e. The molecule has 2 N–H and O–H groups in total. The van der Waals surface area contributed by atoms with Crippen molar-refractivity contribution in [3.05, 3.63) is 46.0 Å². The van der Waals surface area contributed by atoms with Gasteiger partial charge in [0.1, 0.15) is 11.2 Å². The second-order valence-corrected chi connectivity index (χ2v) is 6.27. The maximum atomic E-state index is 12.5. The van der Waals surface area contributed by atoms with Gasteiger partial charge >= 0.3 is 5.97 Å². The molecule has 1 aliphatic rings. The van der Waals surface area contributed by atoms with E-state index in [1.54, 1.807) is 12.3 Å². The van der Waals surface area contributed by atoms with Gasteiger partial charge in [-0.3, -0.25) is 18.8 Å². The minimum atomic E-state index is -0.785. The number of carboxylic acids is 1. The minimum absolute atomic E-state index is 0.00143. The topological polar surface area (TPSA) is 101 Å². The molecule has 0 atom stereocenters. The third-order valence-corrected chi connectivity index (χ3v) is 4.51. The summed E-state index contributed by atoms with van der Waals surface area (Å²) in [5, 5.41) is 11.8. The van der Waals surface area contributed by atoms with E-state index in [1.807, 2.05) is 13.0 Å². The first-order chi connectivity index (χ1) is 11.5. The van der Waals surface area contributed by atoms with Crippen molar-refractivity contribution < 1.29 is 14.7 Å². The highest BCUT2D eigenvalue weighted by atomic mass is 16.4. The fraction of sp³-hybridized carbons (Fsp3) is 0.412. The predicted octanol–water partition coefficient (Wildman–Crippen LogP) is 1.38. The van der Waals surface area contributed by atoms with Gasteiger partial charge in [-0.05, 0) is 44.2 Å². The number of nitrogens with zero attached hydrogens (tertiary/aromatic N) is 2. The lowest BCUT2D eigenvalue weighted by molar-refractivity contribution is -0.142. The number of pyridine rings is 1. The molecule has 126 valence electrons. The number of nitrogens with one attached hydrogen (secondary N) is 1. The molecule has 0 aromatic carbocycles. The number of carbonyl (C=O) groups excluding carboxylic acids is 1. The van der Waals surface area contributed by atoms with Gasteiger partial charge < -0.3 is 10.4 Å². The van der Waals surface area contributed by atoms with Gasteiger partial charge in [-0.1, -0.05) is 6.07 Å². The van der Waals surface area contributed by atoms with E-state index >= 15 is 0 Å². The van der Waals surface area contributed by atoms with Crippen molar-refractivity contribution in [2.45, 2.75) is 38.6 Å². The van der Waals surface area contributed by atoms with Crippen molar-refractivity contribution in [3.63, 3.8) is 0 Å². The lowest BCUT2D eigenvalue weighted by atomic mass is 9.86. The van der Waals surface area contributed by atoms with Crippen LogP contribution in [-0.2, 0) is 4.79 Å². The number of fused-ring (bicyclic) bond motifs is 1. The molecule has 2 heterocycles. The van der Waals surface area contributed by atoms with Gasteiger partial charge in [0, 0.05) is 18.4 Å². The number of aliphatic carboxylic acids is 1. The zero-order valence-electron chi connectivity index (χ0n) is 13.4. The van der Waals surface area contributed by atoms with Crippen molar-refractivity contribution in [2.24, 2.45) is 5.92 Å². The molecule has 0 bridgehead atoms. The smallest absolute Gasteiger partial charge is 0.306 e. The number of aryl methyl sites for hydroxylation is 1. The number of amides is 1. The van der Waals surface area contributed by atoms with E-state index < -0.39 is 17.4 Å². The van der Waals surface area contributed by atoms with Gasteiger partial charge in [0.15, 0.2) is 0 Å². The van der Waals surface area contributed by atoms with Crippen molar-refractivity contribution in [3.8, 4) is 0 Å². The normalized spacial score (nSPS) is 20.7. The summed E-state index contributed by atoms with van der Waals surface area (Å²) in [5.74, 6) is -1.58. The molecule has 7 nitrogen and oxygen atoms in total. The molecule has 0 radical (unpaired) electrons. The summed E-state index contributed by atoms with van der Waals surface area (Å²) in [5.41, 5.74) is 0.985. The van der Waals surface area contributed by atoms with Crippen LogP contribution in [0.5, 0.6) is 0 Å². The van der Waals surface area contributed by atoms with Crippen LogP contribution < -0.4 is 10.9 Å². The van der Waals surface area contributed by atoms with Crippen molar-refractivity contribution in [1.29, 1.82) is 0 Å². The quantitative estimate of drug-likeness (QED) is 0.886. The standard InChI is InChI=1S/C17H19N3O4/c1-10-2-7-14-18-8-13(16(22)20(14)9-10)15(21)19-12-5-3-11(4-6-12)17(23)24/h2,7-9,11-12H,3-6H2,1H3,(H,19,21)(H,23,24). The van der Waals surface area contributed by atoms with Crippen LogP contribution in [0, 0.1) is 12.8 Å². The molecule has 1 saturated carbocycles. The van der Waals surface area contributed by atoms with E-state index in [-0.39, 0.29) is 17.5 Å². The van der Waals surface area contributed by atoms with Crippen LogP contribution in [0.25, 0.3) is 5.65 Å². The Labute approximate surface area is 138 Å². The van der Waals surface area contributed by atoms with Gasteiger partial charge in [-0.15, -0.1) is 0 Å². The number of carbonyl (C=O) groups is 2. The molecule has 0 saturated heterocycles. The fourth-order valence-corrected chi connectivity index (χ4v) is 3.09. The Morgan fingerprint density at radius 1 is 1.25 bits per heavy atom. The zero-order valence-corrected chi connectivity index (χ0v) is 13.4. The SMILES string of the molecule is Cc1ccc2ncc(C(=O)NC3CCC(C(=O)O)CC3)c(=O)n2c1. The zero-order chi connectivity index (χ0) is 17.3. The first kappa shape index (κ1) is 16.2. The summed E-state index contributed by atoms with van der Waals surface area (Å²) in [6.07, 6.45) is 5.22. The van der Waals surface area contributed by atoms with E-state index in [0.717, 1.165) is 5.56 Å². The molecule has 1 aliphatic carbocycles. The fourth-order valence-electron chi connectivity index (χ4n) is 3.09. The van der Waals surface area contributed by atoms with Gasteiger partial charge in [0.2, 0.25) is 0 Å². The lowest BCUT2D eigenvalue weighted by Gasteiger charge is -2.26. The van der Waals surface area contributed by atoms with Gasteiger partial charge in [-0.2, -0.15) is 0 Å². The number of hydrogen-bond acceptors (Lipinski definition) is 4. The van der Waals surface area contributed by atoms with Crippen LogP contribution in [-0.4, -0.2) is 32.4 Å². The molecular formula is C17H19N3O4. The van der Waals surface area contributed by atoms with Gasteiger partial charge in [-0.25, -0.2) is 4.98 Å². The molecule has 0 spiro atoms. The summed E-state index contributed by atoms with van der Waals surface area (Å²) in [4.78, 5) is 40.0. The average Bonchev–Trinajstić information content (AvgIpc) is 2.56. The lowest BCUT2D eigenvalue weighted by Crippen LogP contribution is -2.41. The average molecular weight is 329 g/mol. The molecule has 2 aromatic rings. The first-order valence-electron chi connectivity index (χ1n) is 7.97. The van der Waals surface area contributed by atoms with Crippen LogP contribution in [0.15, 0.2) is 29.3 Å². The highest BCUT2D eigenvalue weighted by molar-refractivity contribution is 5.94. The molecular weight excluding hydrogens is 310 g/mol. The Bertz CT molecular complexity index is 851. The number of hydrogen-bond donors (Lipinski definition) is 2. The summed E-state index contributed by atoms with van der Waals surface area (Å²) in [6, 6.07) is 3.47. The Morgan fingerprint density at radius 2 is 1.96 bits per heavy atom. The van der Waals surface area contributed by atoms with Crippen molar-refractivity contribution >= 4 is 17.5 Å². The monoisotopic (exact) mass is 329 g/mol. The molecule has 1 fully saturated rings. The minimum Gasteiger partial charge on any atom is -0.481 e. The number of carboxylic acid groups (broad SMARTS) is 1. The summed E-state index contributed by atoms with van der Waals surface area (Å²) < 4.78 is 1.37. The van der Waals surface area contributed by atoms with Crippen molar-refractivity contribution in [1.82, 2.24) is 14.7 Å². The summed E-state index contributed by atoms with van der Waals surface area (Å²) in [7, 11) is 0. The molecule has 0 unspecified atom stereocenters. The van der Waals surface area contributed by atoms with E-state index in [9.17, 15) is 14.4 Å². The van der Waals surface area contributed by atoms with E-state index in [1.165, 1.54) is 10.6 Å². The van der Waals surface area contributed by atoms with E-state index in [0.29, 0.717) is 31.3 Å².